The summed E-state index contributed by atoms with van der Waals surface area (Å²) in [5.74, 6) is 6.35. The Morgan fingerprint density at radius 3 is 1.88 bits per heavy atom. The van der Waals surface area contributed by atoms with E-state index in [1.165, 1.54) is 0 Å². The second-order valence-electron chi connectivity index (χ2n) is 6.32. The van der Waals surface area contributed by atoms with E-state index in [2.05, 4.69) is 28.7 Å². The molecular weight excluding hydrogens is 296 g/mol. The Morgan fingerprint density at radius 1 is 0.875 bits per heavy atom. The van der Waals surface area contributed by atoms with Crippen LogP contribution in [0.5, 0.6) is 0 Å². The van der Waals surface area contributed by atoms with Gasteiger partial charge < -0.3 is 10.0 Å². The van der Waals surface area contributed by atoms with Crippen molar-refractivity contribution in [3.8, 4) is 11.8 Å². The van der Waals surface area contributed by atoms with Gasteiger partial charge in [-0.3, -0.25) is 4.90 Å². The predicted octanol–water partition coefficient (Wildman–Crippen LogP) is 2.17. The van der Waals surface area contributed by atoms with Crippen molar-refractivity contribution in [1.82, 2.24) is 9.80 Å². The molecule has 0 amide bonds. The first-order chi connectivity index (χ1) is 11.7. The fourth-order valence-corrected chi connectivity index (χ4v) is 2.95. The van der Waals surface area contributed by atoms with Crippen molar-refractivity contribution in [3.63, 3.8) is 0 Å². The topological polar surface area (TPSA) is 26.7 Å². The van der Waals surface area contributed by atoms with Gasteiger partial charge in [0.05, 0.1) is 6.54 Å². The maximum Gasteiger partial charge on any atom is 0.176 e. The zero-order valence-electron chi connectivity index (χ0n) is 14.2. The van der Waals surface area contributed by atoms with Gasteiger partial charge in [0, 0.05) is 37.3 Å². The second-order valence-corrected chi connectivity index (χ2v) is 6.32. The molecule has 3 heteroatoms. The van der Waals surface area contributed by atoms with Crippen LogP contribution in [0.3, 0.4) is 0 Å². The van der Waals surface area contributed by atoms with Crippen LogP contribution in [0.15, 0.2) is 60.7 Å². The first-order valence-electron chi connectivity index (χ1n) is 8.43. The lowest BCUT2D eigenvalue weighted by atomic mass is 9.87. The summed E-state index contributed by atoms with van der Waals surface area (Å²) in [6, 6.07) is 19.4. The quantitative estimate of drug-likeness (QED) is 0.878. The largest absolute Gasteiger partial charge is 0.369 e. The fourth-order valence-electron chi connectivity index (χ4n) is 2.95. The molecule has 0 atom stereocenters. The molecule has 1 aliphatic rings. The molecule has 0 bridgehead atoms. The van der Waals surface area contributed by atoms with Crippen LogP contribution in [0.1, 0.15) is 11.1 Å². The lowest BCUT2D eigenvalue weighted by Crippen LogP contribution is -2.44. The molecule has 1 fully saturated rings. The average Bonchev–Trinajstić information content (AvgIpc) is 2.65. The fraction of sp³-hybridized carbons (Fsp3) is 0.333. The Labute approximate surface area is 144 Å². The highest BCUT2D eigenvalue weighted by molar-refractivity contribution is 5.44. The minimum Gasteiger partial charge on any atom is -0.369 e. The van der Waals surface area contributed by atoms with Gasteiger partial charge in [0.1, 0.15) is 0 Å². The van der Waals surface area contributed by atoms with Crippen LogP contribution >= 0.6 is 0 Å². The smallest absolute Gasteiger partial charge is 0.176 e. The van der Waals surface area contributed by atoms with E-state index in [0.29, 0.717) is 6.54 Å². The Balaban J connectivity index is 1.83. The number of hydrogen-bond acceptors (Lipinski definition) is 3. The maximum absolute atomic E-state index is 11.3. The third-order valence-corrected chi connectivity index (χ3v) is 4.55. The summed E-state index contributed by atoms with van der Waals surface area (Å²) in [4.78, 5) is 4.66. The van der Waals surface area contributed by atoms with Gasteiger partial charge in [-0.15, -0.1) is 0 Å². The van der Waals surface area contributed by atoms with E-state index in [1.807, 2.05) is 60.7 Å². The number of hydrogen-bond donors (Lipinski definition) is 1. The van der Waals surface area contributed by atoms with Gasteiger partial charge in [-0.25, -0.2) is 0 Å². The lowest BCUT2D eigenvalue weighted by Gasteiger charge is -2.31. The highest BCUT2D eigenvalue weighted by atomic mass is 16.3. The van der Waals surface area contributed by atoms with Crippen LogP contribution in [0.25, 0.3) is 0 Å². The van der Waals surface area contributed by atoms with E-state index >= 15 is 0 Å². The first kappa shape index (κ1) is 16.7. The molecule has 2 aromatic rings. The Bertz CT molecular complexity index is 655. The average molecular weight is 320 g/mol. The van der Waals surface area contributed by atoms with E-state index in [-0.39, 0.29) is 0 Å². The molecule has 0 aromatic heterocycles. The molecule has 124 valence electrons. The van der Waals surface area contributed by atoms with Gasteiger partial charge in [0.25, 0.3) is 0 Å². The van der Waals surface area contributed by atoms with E-state index in [9.17, 15) is 5.11 Å². The van der Waals surface area contributed by atoms with Crippen LogP contribution in [0.2, 0.25) is 0 Å². The molecule has 1 aliphatic heterocycles. The third kappa shape index (κ3) is 3.85. The molecular formula is C21H24N2O. The SMILES string of the molecule is CN1CCN(CC#CC(O)(c2ccccc2)c2ccccc2)CC1. The highest BCUT2D eigenvalue weighted by Gasteiger charge is 2.29. The lowest BCUT2D eigenvalue weighted by molar-refractivity contribution is 0.144. The van der Waals surface area contributed by atoms with Gasteiger partial charge in [-0.1, -0.05) is 72.5 Å². The maximum atomic E-state index is 11.3. The number of likely N-dealkylation sites (N-methyl/N-ethyl adjacent to an activating group) is 1. The van der Waals surface area contributed by atoms with Crippen molar-refractivity contribution < 1.29 is 5.11 Å². The molecule has 0 spiro atoms. The number of aliphatic hydroxyl groups is 1. The summed E-state index contributed by atoms with van der Waals surface area (Å²) in [6.45, 7) is 4.89. The summed E-state index contributed by atoms with van der Waals surface area (Å²) in [5.41, 5.74) is 0.346. The van der Waals surface area contributed by atoms with Gasteiger partial charge >= 0.3 is 0 Å². The van der Waals surface area contributed by atoms with Crippen LogP contribution in [-0.2, 0) is 5.60 Å². The van der Waals surface area contributed by atoms with Crippen molar-refractivity contribution in [2.75, 3.05) is 39.8 Å². The van der Waals surface area contributed by atoms with Crippen LogP contribution < -0.4 is 0 Å². The summed E-state index contributed by atoms with van der Waals surface area (Å²) >= 11 is 0. The Morgan fingerprint density at radius 2 is 1.38 bits per heavy atom. The number of nitrogens with zero attached hydrogens (tertiary/aromatic N) is 2. The number of benzene rings is 2. The van der Waals surface area contributed by atoms with E-state index in [4.69, 9.17) is 0 Å². The molecule has 1 saturated heterocycles. The molecule has 3 rings (SSSR count). The third-order valence-electron chi connectivity index (χ3n) is 4.55. The zero-order valence-corrected chi connectivity index (χ0v) is 14.2. The molecule has 0 radical (unpaired) electrons. The Hall–Kier alpha value is -2.12. The second kappa shape index (κ2) is 7.63. The van der Waals surface area contributed by atoms with Crippen molar-refractivity contribution in [3.05, 3.63) is 71.8 Å². The van der Waals surface area contributed by atoms with Crippen molar-refractivity contribution in [2.45, 2.75) is 5.60 Å². The predicted molar refractivity (Wildman–Crippen MR) is 97.6 cm³/mol. The normalized spacial score (nSPS) is 16.4. The van der Waals surface area contributed by atoms with Crippen molar-refractivity contribution in [1.29, 1.82) is 0 Å². The van der Waals surface area contributed by atoms with Crippen LogP contribution in [-0.4, -0.2) is 54.7 Å². The van der Waals surface area contributed by atoms with E-state index in [1.54, 1.807) is 0 Å². The molecule has 1 heterocycles. The Kier molecular flexibility index (Phi) is 5.32. The highest BCUT2D eigenvalue weighted by Crippen LogP contribution is 2.28. The van der Waals surface area contributed by atoms with Gasteiger partial charge in [0.15, 0.2) is 5.60 Å². The van der Waals surface area contributed by atoms with Gasteiger partial charge in [-0.2, -0.15) is 0 Å². The zero-order chi connectivity index (χ0) is 16.8. The molecule has 1 N–H and O–H groups in total. The molecule has 0 aliphatic carbocycles. The summed E-state index contributed by atoms with van der Waals surface area (Å²) < 4.78 is 0. The monoisotopic (exact) mass is 320 g/mol. The minimum absolute atomic E-state index is 0.690. The standard InChI is InChI=1S/C21H24N2O/c1-22-15-17-23(18-16-22)14-8-13-21(24,19-9-4-2-5-10-19)20-11-6-3-7-12-20/h2-7,9-12,24H,14-18H2,1H3. The molecule has 0 saturated carbocycles. The summed E-state index contributed by atoms with van der Waals surface area (Å²) in [6.07, 6.45) is 0. The molecule has 24 heavy (non-hydrogen) atoms. The van der Waals surface area contributed by atoms with E-state index < -0.39 is 5.60 Å². The first-order valence-corrected chi connectivity index (χ1v) is 8.43. The van der Waals surface area contributed by atoms with Crippen molar-refractivity contribution >= 4 is 0 Å². The summed E-state index contributed by atoms with van der Waals surface area (Å²) in [5, 5.41) is 11.3. The van der Waals surface area contributed by atoms with Gasteiger partial charge in [-0.05, 0) is 7.05 Å². The molecule has 3 nitrogen and oxygen atoms in total. The van der Waals surface area contributed by atoms with E-state index in [0.717, 1.165) is 37.3 Å². The van der Waals surface area contributed by atoms with Crippen LogP contribution in [0, 0.1) is 11.8 Å². The molecule has 0 unspecified atom stereocenters. The number of piperazine rings is 1. The van der Waals surface area contributed by atoms with Crippen molar-refractivity contribution in [2.24, 2.45) is 0 Å². The minimum atomic E-state index is -1.27. The summed E-state index contributed by atoms with van der Waals surface area (Å²) in [7, 11) is 2.15. The van der Waals surface area contributed by atoms with Crippen LogP contribution in [0.4, 0.5) is 0 Å². The molecule has 2 aromatic carbocycles. The van der Waals surface area contributed by atoms with Gasteiger partial charge in [0.2, 0.25) is 0 Å². The number of rotatable bonds is 3.